The second-order valence-corrected chi connectivity index (χ2v) is 7.46. The van der Waals surface area contributed by atoms with E-state index >= 15 is 0 Å². The summed E-state index contributed by atoms with van der Waals surface area (Å²) in [5, 5.41) is 3.68. The van der Waals surface area contributed by atoms with Crippen LogP contribution in [0.5, 0.6) is 0 Å². The van der Waals surface area contributed by atoms with E-state index in [0.717, 1.165) is 25.7 Å². The maximum atomic E-state index is 5.26. The molecule has 0 amide bonds. The van der Waals surface area contributed by atoms with Gasteiger partial charge in [0.05, 0.1) is 6.61 Å². The van der Waals surface area contributed by atoms with Crippen molar-refractivity contribution in [3.63, 3.8) is 0 Å². The molecule has 1 unspecified atom stereocenters. The van der Waals surface area contributed by atoms with E-state index in [1.165, 1.54) is 25.8 Å². The molecule has 1 rings (SSSR count). The molecule has 1 fully saturated rings. The summed E-state index contributed by atoms with van der Waals surface area (Å²) in [7, 11) is 1.80. The highest BCUT2D eigenvalue weighted by molar-refractivity contribution is 4.90. The highest BCUT2D eigenvalue weighted by Gasteiger charge is 2.34. The number of nitrogens with zero attached hydrogens (tertiary/aromatic N) is 1. The molecular weight excluding hydrogens is 236 g/mol. The van der Waals surface area contributed by atoms with Crippen molar-refractivity contribution in [2.24, 2.45) is 5.41 Å². The maximum absolute atomic E-state index is 5.26. The molecule has 19 heavy (non-hydrogen) atoms. The lowest BCUT2D eigenvalue weighted by Gasteiger charge is -2.37. The molecule has 1 atom stereocenters. The van der Waals surface area contributed by atoms with E-state index in [1.807, 2.05) is 0 Å². The molecule has 1 saturated carbocycles. The Balaban J connectivity index is 2.50. The van der Waals surface area contributed by atoms with E-state index in [0.29, 0.717) is 5.41 Å². The second kappa shape index (κ2) is 7.05. The van der Waals surface area contributed by atoms with Crippen molar-refractivity contribution in [1.82, 2.24) is 10.2 Å². The Labute approximate surface area is 120 Å². The van der Waals surface area contributed by atoms with Crippen LogP contribution in [0.2, 0.25) is 0 Å². The third kappa shape index (κ3) is 6.73. The van der Waals surface area contributed by atoms with Crippen molar-refractivity contribution in [1.29, 1.82) is 0 Å². The zero-order valence-electron chi connectivity index (χ0n) is 13.9. The lowest BCUT2D eigenvalue weighted by atomic mass is 9.85. The van der Waals surface area contributed by atoms with Crippen molar-refractivity contribution in [3.8, 4) is 0 Å². The Morgan fingerprint density at radius 2 is 1.84 bits per heavy atom. The molecule has 3 nitrogen and oxygen atoms in total. The van der Waals surface area contributed by atoms with Gasteiger partial charge >= 0.3 is 0 Å². The van der Waals surface area contributed by atoms with E-state index < -0.39 is 0 Å². The summed E-state index contributed by atoms with van der Waals surface area (Å²) in [6.07, 6.45) is 3.96. The zero-order chi connectivity index (χ0) is 14.5. The molecule has 0 heterocycles. The Bertz CT molecular complexity index is 258. The summed E-state index contributed by atoms with van der Waals surface area (Å²) in [5.41, 5.74) is 0.553. The van der Waals surface area contributed by atoms with Crippen LogP contribution >= 0.6 is 0 Å². The number of hydrogen-bond acceptors (Lipinski definition) is 3. The Hall–Kier alpha value is -0.120. The SMILES string of the molecule is CCC(C)(CNC(C)(C)C)CN(CCOC)C1CC1. The van der Waals surface area contributed by atoms with Crippen LogP contribution in [0.4, 0.5) is 0 Å². The van der Waals surface area contributed by atoms with Crippen LogP contribution < -0.4 is 5.32 Å². The minimum absolute atomic E-state index is 0.202. The van der Waals surface area contributed by atoms with Gasteiger partial charge in [0.1, 0.15) is 0 Å². The molecule has 0 bridgehead atoms. The van der Waals surface area contributed by atoms with Gasteiger partial charge in [0.25, 0.3) is 0 Å². The molecule has 1 aliphatic rings. The van der Waals surface area contributed by atoms with E-state index in [9.17, 15) is 0 Å². The second-order valence-electron chi connectivity index (χ2n) is 7.46. The van der Waals surface area contributed by atoms with E-state index in [-0.39, 0.29) is 5.54 Å². The van der Waals surface area contributed by atoms with Crippen molar-refractivity contribution in [2.75, 3.05) is 33.4 Å². The summed E-state index contributed by atoms with van der Waals surface area (Å²) < 4.78 is 5.26. The molecule has 0 aromatic carbocycles. The monoisotopic (exact) mass is 270 g/mol. The van der Waals surface area contributed by atoms with Gasteiger partial charge in [-0.3, -0.25) is 4.90 Å². The fourth-order valence-corrected chi connectivity index (χ4v) is 2.30. The third-order valence-corrected chi connectivity index (χ3v) is 4.13. The average Bonchev–Trinajstić information content (AvgIpc) is 3.15. The highest BCUT2D eigenvalue weighted by Crippen LogP contribution is 2.31. The van der Waals surface area contributed by atoms with Crippen LogP contribution in [-0.4, -0.2) is 49.8 Å². The first-order chi connectivity index (χ1) is 8.79. The number of methoxy groups -OCH3 is 1. The molecule has 1 aliphatic carbocycles. The number of nitrogens with one attached hydrogen (secondary N) is 1. The molecule has 0 radical (unpaired) electrons. The largest absolute Gasteiger partial charge is 0.383 e. The minimum Gasteiger partial charge on any atom is -0.383 e. The summed E-state index contributed by atoms with van der Waals surface area (Å²) in [6, 6.07) is 0.815. The van der Waals surface area contributed by atoms with Crippen LogP contribution in [0.3, 0.4) is 0 Å². The molecule has 0 aliphatic heterocycles. The fourth-order valence-electron chi connectivity index (χ4n) is 2.30. The van der Waals surface area contributed by atoms with E-state index in [2.05, 4.69) is 44.8 Å². The van der Waals surface area contributed by atoms with Crippen molar-refractivity contribution >= 4 is 0 Å². The number of ether oxygens (including phenoxy) is 1. The molecule has 0 aromatic rings. The normalized spacial score (nSPS) is 19.7. The van der Waals surface area contributed by atoms with Crippen molar-refractivity contribution in [2.45, 2.75) is 65.5 Å². The molecule has 1 N–H and O–H groups in total. The quantitative estimate of drug-likeness (QED) is 0.697. The van der Waals surface area contributed by atoms with Gasteiger partial charge in [0.2, 0.25) is 0 Å². The minimum atomic E-state index is 0.202. The van der Waals surface area contributed by atoms with Gasteiger partial charge in [0, 0.05) is 38.3 Å². The molecular formula is C16H34N2O. The average molecular weight is 270 g/mol. The zero-order valence-corrected chi connectivity index (χ0v) is 13.9. The van der Waals surface area contributed by atoms with Gasteiger partial charge in [-0.15, -0.1) is 0 Å². The third-order valence-electron chi connectivity index (χ3n) is 4.13. The lowest BCUT2D eigenvalue weighted by molar-refractivity contribution is 0.0998. The lowest BCUT2D eigenvalue weighted by Crippen LogP contribution is -2.48. The molecule has 114 valence electrons. The van der Waals surface area contributed by atoms with Gasteiger partial charge in [-0.2, -0.15) is 0 Å². The summed E-state index contributed by atoms with van der Waals surface area (Å²) in [6.45, 7) is 15.6. The van der Waals surface area contributed by atoms with Crippen LogP contribution in [0, 0.1) is 5.41 Å². The van der Waals surface area contributed by atoms with Crippen LogP contribution in [0.15, 0.2) is 0 Å². The van der Waals surface area contributed by atoms with Crippen LogP contribution in [-0.2, 0) is 4.74 Å². The molecule has 0 saturated heterocycles. The molecule has 3 heteroatoms. The first-order valence-electron chi connectivity index (χ1n) is 7.78. The van der Waals surface area contributed by atoms with Gasteiger partial charge in [-0.05, 0) is 45.4 Å². The van der Waals surface area contributed by atoms with Crippen molar-refractivity contribution < 1.29 is 4.74 Å². The summed E-state index contributed by atoms with van der Waals surface area (Å²) >= 11 is 0. The Morgan fingerprint density at radius 1 is 1.21 bits per heavy atom. The van der Waals surface area contributed by atoms with Crippen LogP contribution in [0.25, 0.3) is 0 Å². The molecule has 0 aromatic heterocycles. The van der Waals surface area contributed by atoms with Crippen molar-refractivity contribution in [3.05, 3.63) is 0 Å². The summed E-state index contributed by atoms with van der Waals surface area (Å²) in [4.78, 5) is 2.64. The van der Waals surface area contributed by atoms with E-state index in [4.69, 9.17) is 4.74 Å². The first-order valence-corrected chi connectivity index (χ1v) is 7.78. The van der Waals surface area contributed by atoms with Gasteiger partial charge in [0.15, 0.2) is 0 Å². The van der Waals surface area contributed by atoms with Gasteiger partial charge < -0.3 is 10.1 Å². The number of rotatable bonds is 9. The predicted octanol–water partition coefficient (Wildman–Crippen LogP) is 2.90. The van der Waals surface area contributed by atoms with Gasteiger partial charge in [-0.1, -0.05) is 13.8 Å². The van der Waals surface area contributed by atoms with Gasteiger partial charge in [-0.25, -0.2) is 0 Å². The summed E-state index contributed by atoms with van der Waals surface area (Å²) in [5.74, 6) is 0. The first kappa shape index (κ1) is 16.9. The van der Waals surface area contributed by atoms with E-state index in [1.54, 1.807) is 7.11 Å². The Morgan fingerprint density at radius 3 is 2.26 bits per heavy atom. The smallest absolute Gasteiger partial charge is 0.0589 e. The topological polar surface area (TPSA) is 24.5 Å². The fraction of sp³-hybridized carbons (Fsp3) is 1.00. The highest BCUT2D eigenvalue weighted by atomic mass is 16.5. The standard InChI is InChI=1S/C16H34N2O/c1-7-16(5,12-17-15(2,3)4)13-18(10-11-19-6)14-8-9-14/h14,17H,7-13H2,1-6H3. The predicted molar refractivity (Wildman–Crippen MR) is 82.6 cm³/mol. The molecule has 0 spiro atoms. The Kier molecular flexibility index (Phi) is 6.28. The maximum Gasteiger partial charge on any atom is 0.0589 e. The van der Waals surface area contributed by atoms with Crippen LogP contribution in [0.1, 0.15) is 53.9 Å². The number of hydrogen-bond donors (Lipinski definition) is 1.